The van der Waals surface area contributed by atoms with Crippen LogP contribution < -0.4 is 21.1 Å². The maximum atomic E-state index is 12.1. The maximum absolute atomic E-state index is 12.1. The summed E-state index contributed by atoms with van der Waals surface area (Å²) in [6, 6.07) is 4.42. The van der Waals surface area contributed by atoms with Crippen LogP contribution in [-0.2, 0) is 4.74 Å². The van der Waals surface area contributed by atoms with E-state index < -0.39 is 18.1 Å². The molecule has 0 radical (unpaired) electrons. The van der Waals surface area contributed by atoms with Gasteiger partial charge >= 0.3 is 12.4 Å². The van der Waals surface area contributed by atoms with E-state index in [0.717, 1.165) is 12.1 Å². The van der Waals surface area contributed by atoms with Crippen LogP contribution in [-0.4, -0.2) is 38.7 Å². The van der Waals surface area contributed by atoms with Crippen LogP contribution in [0, 0.1) is 0 Å². The molecule has 0 unspecified atom stereocenters. The third kappa shape index (κ3) is 8.00. The lowest BCUT2D eigenvalue weighted by atomic mass is 10.3. The van der Waals surface area contributed by atoms with E-state index in [4.69, 9.17) is 10.5 Å². The molecule has 9 heteroatoms. The van der Waals surface area contributed by atoms with Gasteiger partial charge in [0.1, 0.15) is 5.75 Å². The van der Waals surface area contributed by atoms with Gasteiger partial charge in [-0.05, 0) is 12.1 Å². The smallest absolute Gasteiger partial charge is 0.406 e. The lowest BCUT2D eigenvalue weighted by molar-refractivity contribution is -0.274. The number of anilines is 1. The molecule has 1 aromatic rings. The number of nitrogens with one attached hydrogen (secondary N) is 2. The van der Waals surface area contributed by atoms with Crippen molar-refractivity contribution in [2.75, 3.05) is 31.6 Å². The molecule has 21 heavy (non-hydrogen) atoms. The van der Waals surface area contributed by atoms with Crippen molar-refractivity contribution >= 4 is 11.7 Å². The largest absolute Gasteiger partial charge is 0.573 e. The fraction of sp³-hybridized carbons (Fsp3) is 0.417. The molecule has 0 spiro atoms. The Labute approximate surface area is 119 Å². The molecule has 0 aliphatic rings. The van der Waals surface area contributed by atoms with Gasteiger partial charge in [-0.3, -0.25) is 0 Å². The van der Waals surface area contributed by atoms with Crippen molar-refractivity contribution in [1.82, 2.24) is 5.32 Å². The normalized spacial score (nSPS) is 11.0. The molecule has 1 rings (SSSR count). The van der Waals surface area contributed by atoms with E-state index in [1.807, 2.05) is 0 Å². The van der Waals surface area contributed by atoms with E-state index in [0.29, 0.717) is 19.8 Å². The molecular formula is C12H16F3N3O3. The standard InChI is InChI=1S/C12H16F3N3O3/c13-12(14,15)21-10-3-1-2-9(8-10)18-11(19)17-5-7-20-6-4-16/h1-3,8H,4-7,16H2,(H2,17,18,19). The van der Waals surface area contributed by atoms with Crippen LogP contribution >= 0.6 is 0 Å². The van der Waals surface area contributed by atoms with Crippen LogP contribution in [0.15, 0.2) is 24.3 Å². The summed E-state index contributed by atoms with van der Waals surface area (Å²) in [4.78, 5) is 11.5. The zero-order chi connectivity index (χ0) is 15.7. The van der Waals surface area contributed by atoms with E-state index in [1.54, 1.807) is 0 Å². The highest BCUT2D eigenvalue weighted by Crippen LogP contribution is 2.24. The Morgan fingerprint density at radius 3 is 2.71 bits per heavy atom. The number of halogens is 3. The van der Waals surface area contributed by atoms with Crippen molar-refractivity contribution in [3.05, 3.63) is 24.3 Å². The maximum Gasteiger partial charge on any atom is 0.573 e. The fourth-order valence-corrected chi connectivity index (χ4v) is 1.37. The minimum atomic E-state index is -4.78. The zero-order valence-electron chi connectivity index (χ0n) is 11.1. The van der Waals surface area contributed by atoms with Crippen molar-refractivity contribution < 1.29 is 27.4 Å². The zero-order valence-corrected chi connectivity index (χ0v) is 11.1. The van der Waals surface area contributed by atoms with Gasteiger partial charge in [-0.25, -0.2) is 4.79 Å². The molecule has 4 N–H and O–H groups in total. The summed E-state index contributed by atoms with van der Waals surface area (Å²) in [5.74, 6) is -0.411. The molecule has 0 heterocycles. The van der Waals surface area contributed by atoms with Crippen molar-refractivity contribution in [3.8, 4) is 5.75 Å². The van der Waals surface area contributed by atoms with Crippen molar-refractivity contribution in [2.45, 2.75) is 6.36 Å². The second-order valence-corrected chi connectivity index (χ2v) is 3.86. The fourth-order valence-electron chi connectivity index (χ4n) is 1.37. The van der Waals surface area contributed by atoms with Gasteiger partial charge in [0.15, 0.2) is 0 Å². The van der Waals surface area contributed by atoms with Crippen LogP contribution in [0.2, 0.25) is 0 Å². The first kappa shape index (κ1) is 17.1. The van der Waals surface area contributed by atoms with Gasteiger partial charge in [0.2, 0.25) is 0 Å². The molecule has 118 valence electrons. The average Bonchev–Trinajstić information content (AvgIpc) is 2.37. The van der Waals surface area contributed by atoms with Crippen LogP contribution in [0.4, 0.5) is 23.7 Å². The molecule has 0 aromatic heterocycles. The number of carbonyl (C=O) groups is 1. The number of hydrogen-bond acceptors (Lipinski definition) is 4. The molecule has 0 aliphatic heterocycles. The van der Waals surface area contributed by atoms with Gasteiger partial charge < -0.3 is 25.8 Å². The second-order valence-electron chi connectivity index (χ2n) is 3.86. The van der Waals surface area contributed by atoms with Crippen molar-refractivity contribution in [1.29, 1.82) is 0 Å². The first-order valence-electron chi connectivity index (χ1n) is 6.09. The van der Waals surface area contributed by atoms with Gasteiger partial charge in [-0.2, -0.15) is 0 Å². The summed E-state index contributed by atoms with van der Waals surface area (Å²) in [6.45, 7) is 1.32. The first-order chi connectivity index (χ1) is 9.90. The Morgan fingerprint density at radius 2 is 2.05 bits per heavy atom. The van der Waals surface area contributed by atoms with Gasteiger partial charge in [-0.15, -0.1) is 13.2 Å². The third-order valence-electron chi connectivity index (χ3n) is 2.12. The lowest BCUT2D eigenvalue weighted by Crippen LogP contribution is -2.32. The number of amides is 2. The van der Waals surface area contributed by atoms with E-state index in [1.165, 1.54) is 12.1 Å². The summed E-state index contributed by atoms with van der Waals surface area (Å²) in [5.41, 5.74) is 5.39. The molecule has 2 amide bonds. The Morgan fingerprint density at radius 1 is 1.29 bits per heavy atom. The van der Waals surface area contributed by atoms with Crippen LogP contribution in [0.1, 0.15) is 0 Å². The van der Waals surface area contributed by atoms with Gasteiger partial charge in [-0.1, -0.05) is 6.07 Å². The van der Waals surface area contributed by atoms with Crippen LogP contribution in [0.25, 0.3) is 0 Å². The highest BCUT2D eigenvalue weighted by atomic mass is 19.4. The van der Waals surface area contributed by atoms with Crippen molar-refractivity contribution in [2.24, 2.45) is 5.73 Å². The second kappa shape index (κ2) is 8.32. The Kier molecular flexibility index (Phi) is 6.76. The molecule has 0 saturated carbocycles. The average molecular weight is 307 g/mol. The van der Waals surface area contributed by atoms with E-state index in [9.17, 15) is 18.0 Å². The number of hydrogen-bond donors (Lipinski definition) is 3. The summed E-state index contributed by atoms with van der Waals surface area (Å²) >= 11 is 0. The van der Waals surface area contributed by atoms with E-state index in [2.05, 4.69) is 15.4 Å². The minimum absolute atomic E-state index is 0.178. The van der Waals surface area contributed by atoms with Gasteiger partial charge in [0, 0.05) is 24.8 Å². The predicted molar refractivity (Wildman–Crippen MR) is 70.0 cm³/mol. The number of carbonyl (C=O) groups excluding carboxylic acids is 1. The molecule has 0 fully saturated rings. The molecule has 1 aromatic carbocycles. The third-order valence-corrected chi connectivity index (χ3v) is 2.12. The molecular weight excluding hydrogens is 291 g/mol. The molecule has 6 nitrogen and oxygen atoms in total. The molecule has 0 bridgehead atoms. The number of ether oxygens (including phenoxy) is 2. The monoisotopic (exact) mass is 307 g/mol. The van der Waals surface area contributed by atoms with Crippen LogP contribution in [0.5, 0.6) is 5.75 Å². The van der Waals surface area contributed by atoms with Crippen LogP contribution in [0.3, 0.4) is 0 Å². The van der Waals surface area contributed by atoms with Gasteiger partial charge in [0.25, 0.3) is 0 Å². The minimum Gasteiger partial charge on any atom is -0.406 e. The van der Waals surface area contributed by atoms with Crippen molar-refractivity contribution in [3.63, 3.8) is 0 Å². The first-order valence-corrected chi connectivity index (χ1v) is 6.09. The predicted octanol–water partition coefficient (Wildman–Crippen LogP) is 1.68. The molecule has 0 saturated heterocycles. The number of benzene rings is 1. The van der Waals surface area contributed by atoms with E-state index in [-0.39, 0.29) is 12.2 Å². The lowest BCUT2D eigenvalue weighted by Gasteiger charge is -2.11. The Balaban J connectivity index is 2.40. The topological polar surface area (TPSA) is 85.6 Å². The molecule has 0 atom stereocenters. The number of urea groups is 1. The SMILES string of the molecule is NCCOCCNC(=O)Nc1cccc(OC(F)(F)F)c1. The quantitative estimate of drug-likeness (QED) is 0.669. The Hall–Kier alpha value is -2.00. The van der Waals surface area contributed by atoms with E-state index >= 15 is 0 Å². The molecule has 0 aliphatic carbocycles. The summed E-state index contributed by atoms with van der Waals surface area (Å²) in [5, 5.41) is 4.86. The van der Waals surface area contributed by atoms with Gasteiger partial charge in [0.05, 0.1) is 13.2 Å². The highest BCUT2D eigenvalue weighted by Gasteiger charge is 2.31. The number of alkyl halides is 3. The highest BCUT2D eigenvalue weighted by molar-refractivity contribution is 5.89. The Bertz CT molecular complexity index is 455. The summed E-state index contributed by atoms with van der Waals surface area (Å²) in [6.07, 6.45) is -4.78. The summed E-state index contributed by atoms with van der Waals surface area (Å²) in [7, 11) is 0. The summed E-state index contributed by atoms with van der Waals surface area (Å²) < 4.78 is 45.0. The number of rotatable bonds is 7. The number of nitrogens with two attached hydrogens (primary N) is 1.